The molecule has 0 heterocycles. The molecule has 0 aliphatic rings. The van der Waals surface area contributed by atoms with E-state index in [-0.39, 0.29) is 18.2 Å². The van der Waals surface area contributed by atoms with Gasteiger partial charge in [0.25, 0.3) is 0 Å². The van der Waals surface area contributed by atoms with Crippen LogP contribution >= 0.6 is 0 Å². The number of rotatable bonds is 8. The van der Waals surface area contributed by atoms with Gasteiger partial charge >= 0.3 is 0 Å². The van der Waals surface area contributed by atoms with Crippen LogP contribution in [-0.4, -0.2) is 26.7 Å². The van der Waals surface area contributed by atoms with E-state index in [1.54, 1.807) is 20.3 Å². The van der Waals surface area contributed by atoms with Crippen molar-refractivity contribution in [3.8, 4) is 11.5 Å². The van der Waals surface area contributed by atoms with Crippen LogP contribution in [-0.2, 0) is 11.2 Å². The van der Waals surface area contributed by atoms with Crippen LogP contribution in [0, 0.1) is 0 Å². The van der Waals surface area contributed by atoms with Crippen molar-refractivity contribution in [2.75, 3.05) is 20.8 Å². The van der Waals surface area contributed by atoms with E-state index < -0.39 is 0 Å². The van der Waals surface area contributed by atoms with Gasteiger partial charge in [0.2, 0.25) is 5.91 Å². The number of amides is 1. The Morgan fingerprint density at radius 3 is 2.00 bits per heavy atom. The number of nitrogens with one attached hydrogen (secondary N) is 1. The minimum atomic E-state index is -0.0414. The van der Waals surface area contributed by atoms with E-state index in [0.717, 1.165) is 5.56 Å². The van der Waals surface area contributed by atoms with Crippen molar-refractivity contribution in [1.82, 2.24) is 5.32 Å². The van der Waals surface area contributed by atoms with E-state index in [9.17, 15) is 4.79 Å². The van der Waals surface area contributed by atoms with Gasteiger partial charge in [0, 0.05) is 24.1 Å². The van der Waals surface area contributed by atoms with Gasteiger partial charge in [-0.25, -0.2) is 0 Å². The van der Waals surface area contributed by atoms with E-state index in [4.69, 9.17) is 9.47 Å². The second-order valence-corrected chi connectivity index (χ2v) is 6.53. The Balaban J connectivity index is 1.71. The molecule has 0 aliphatic carbocycles. The molecular formula is C24H25NO3. The fourth-order valence-corrected chi connectivity index (χ4v) is 3.25. The Hall–Kier alpha value is -3.27. The molecule has 0 atom stereocenters. The summed E-state index contributed by atoms with van der Waals surface area (Å²) in [6.07, 6.45) is 0.253. The van der Waals surface area contributed by atoms with Crippen molar-refractivity contribution in [3.63, 3.8) is 0 Å². The highest BCUT2D eigenvalue weighted by atomic mass is 16.5. The van der Waals surface area contributed by atoms with E-state index >= 15 is 0 Å². The highest BCUT2D eigenvalue weighted by Crippen LogP contribution is 2.26. The lowest BCUT2D eigenvalue weighted by Gasteiger charge is -2.19. The number of benzene rings is 3. The van der Waals surface area contributed by atoms with Crippen LogP contribution in [0.25, 0.3) is 0 Å². The predicted octanol–water partition coefficient (Wildman–Crippen LogP) is 4.19. The molecular weight excluding hydrogens is 350 g/mol. The molecule has 0 unspecified atom stereocenters. The van der Waals surface area contributed by atoms with Crippen molar-refractivity contribution in [1.29, 1.82) is 0 Å². The monoisotopic (exact) mass is 375 g/mol. The average molecular weight is 375 g/mol. The summed E-state index contributed by atoms with van der Waals surface area (Å²) in [7, 11) is 3.20. The minimum Gasteiger partial charge on any atom is -0.497 e. The summed E-state index contributed by atoms with van der Waals surface area (Å²) in [5.41, 5.74) is 3.18. The molecule has 0 bridgehead atoms. The van der Waals surface area contributed by atoms with Crippen molar-refractivity contribution in [2.45, 2.75) is 12.3 Å². The van der Waals surface area contributed by atoms with Crippen LogP contribution in [0.4, 0.5) is 0 Å². The second kappa shape index (κ2) is 9.60. The van der Waals surface area contributed by atoms with Gasteiger partial charge in [-0.1, -0.05) is 66.7 Å². The Labute approximate surface area is 166 Å². The Morgan fingerprint density at radius 2 is 1.46 bits per heavy atom. The molecule has 0 fully saturated rings. The van der Waals surface area contributed by atoms with Crippen LogP contribution in [0.1, 0.15) is 22.6 Å². The number of methoxy groups -OCH3 is 2. The van der Waals surface area contributed by atoms with Gasteiger partial charge in [-0.3, -0.25) is 4.79 Å². The Morgan fingerprint density at radius 1 is 0.857 bits per heavy atom. The molecule has 0 saturated carbocycles. The van der Waals surface area contributed by atoms with Crippen LogP contribution < -0.4 is 14.8 Å². The fourth-order valence-electron chi connectivity index (χ4n) is 3.25. The average Bonchev–Trinajstić information content (AvgIpc) is 2.75. The first-order chi connectivity index (χ1) is 13.7. The number of carbonyl (C=O) groups excluding carboxylic acids is 1. The molecule has 3 aromatic rings. The number of hydrogen-bond donors (Lipinski definition) is 1. The molecule has 3 rings (SSSR count). The molecule has 144 valence electrons. The third-order valence-corrected chi connectivity index (χ3v) is 4.75. The highest BCUT2D eigenvalue weighted by molar-refractivity contribution is 5.79. The number of carbonyl (C=O) groups is 1. The van der Waals surface area contributed by atoms with Crippen molar-refractivity contribution in [3.05, 3.63) is 95.6 Å². The summed E-state index contributed by atoms with van der Waals surface area (Å²) >= 11 is 0. The van der Waals surface area contributed by atoms with Crippen LogP contribution in [0.5, 0.6) is 11.5 Å². The van der Waals surface area contributed by atoms with Gasteiger partial charge in [0.15, 0.2) is 0 Å². The lowest BCUT2D eigenvalue weighted by molar-refractivity contribution is -0.120. The minimum absolute atomic E-state index is 0.0414. The summed E-state index contributed by atoms with van der Waals surface area (Å²) in [5, 5.41) is 3.08. The zero-order chi connectivity index (χ0) is 19.8. The van der Waals surface area contributed by atoms with Crippen LogP contribution in [0.3, 0.4) is 0 Å². The summed E-state index contributed by atoms with van der Waals surface area (Å²) < 4.78 is 10.6. The first-order valence-corrected chi connectivity index (χ1v) is 9.28. The topological polar surface area (TPSA) is 47.6 Å². The standard InChI is InChI=1S/C24H25NO3/c1-27-21-14-13-20(23(16-21)28-2)15-24(26)25-17-22(18-9-5-3-6-10-18)19-11-7-4-8-12-19/h3-14,16,22H,15,17H2,1-2H3,(H,25,26). The predicted molar refractivity (Wildman–Crippen MR) is 111 cm³/mol. The molecule has 0 saturated heterocycles. The van der Waals surface area contributed by atoms with E-state index in [1.165, 1.54) is 11.1 Å². The third-order valence-electron chi connectivity index (χ3n) is 4.75. The molecule has 4 heteroatoms. The smallest absolute Gasteiger partial charge is 0.224 e. The van der Waals surface area contributed by atoms with Gasteiger partial charge < -0.3 is 14.8 Å². The molecule has 0 radical (unpaired) electrons. The zero-order valence-corrected chi connectivity index (χ0v) is 16.2. The first-order valence-electron chi connectivity index (χ1n) is 9.28. The van der Waals surface area contributed by atoms with Gasteiger partial charge in [-0.05, 0) is 17.2 Å². The van der Waals surface area contributed by atoms with Crippen molar-refractivity contribution in [2.24, 2.45) is 0 Å². The third kappa shape index (κ3) is 4.92. The molecule has 3 aromatic carbocycles. The molecule has 0 aromatic heterocycles. The van der Waals surface area contributed by atoms with Gasteiger partial charge in [-0.2, -0.15) is 0 Å². The summed E-state index contributed by atoms with van der Waals surface area (Å²) in [5.74, 6) is 1.41. The molecule has 0 aliphatic heterocycles. The second-order valence-electron chi connectivity index (χ2n) is 6.53. The van der Waals surface area contributed by atoms with Gasteiger partial charge in [0.05, 0.1) is 20.6 Å². The molecule has 4 nitrogen and oxygen atoms in total. The summed E-state index contributed by atoms with van der Waals surface area (Å²) in [6, 6.07) is 26.0. The SMILES string of the molecule is COc1ccc(CC(=O)NCC(c2ccccc2)c2ccccc2)c(OC)c1. The van der Waals surface area contributed by atoms with Crippen LogP contribution in [0.2, 0.25) is 0 Å². The molecule has 28 heavy (non-hydrogen) atoms. The Bertz CT molecular complexity index is 855. The van der Waals surface area contributed by atoms with E-state index in [2.05, 4.69) is 29.6 Å². The van der Waals surface area contributed by atoms with Gasteiger partial charge in [0.1, 0.15) is 11.5 Å². The molecule has 1 N–H and O–H groups in total. The first kappa shape index (κ1) is 19.5. The van der Waals surface area contributed by atoms with Crippen molar-refractivity contribution < 1.29 is 14.3 Å². The Kier molecular flexibility index (Phi) is 6.68. The largest absolute Gasteiger partial charge is 0.497 e. The molecule has 0 spiro atoms. The normalized spacial score (nSPS) is 10.5. The maximum atomic E-state index is 12.6. The lowest BCUT2D eigenvalue weighted by atomic mass is 9.91. The number of ether oxygens (including phenoxy) is 2. The summed E-state index contributed by atoms with van der Waals surface area (Å²) in [6.45, 7) is 0.533. The quantitative estimate of drug-likeness (QED) is 0.642. The van der Waals surface area contributed by atoms with E-state index in [0.29, 0.717) is 18.0 Å². The molecule has 1 amide bonds. The maximum absolute atomic E-state index is 12.6. The van der Waals surface area contributed by atoms with Crippen LogP contribution in [0.15, 0.2) is 78.9 Å². The summed E-state index contributed by atoms with van der Waals surface area (Å²) in [4.78, 5) is 12.6. The lowest BCUT2D eigenvalue weighted by Crippen LogP contribution is -2.30. The van der Waals surface area contributed by atoms with E-state index in [1.807, 2.05) is 48.5 Å². The maximum Gasteiger partial charge on any atom is 0.224 e. The fraction of sp³-hybridized carbons (Fsp3) is 0.208. The van der Waals surface area contributed by atoms with Crippen molar-refractivity contribution >= 4 is 5.91 Å². The highest BCUT2D eigenvalue weighted by Gasteiger charge is 2.16. The zero-order valence-electron chi connectivity index (χ0n) is 16.2. The number of hydrogen-bond acceptors (Lipinski definition) is 3. The van der Waals surface area contributed by atoms with Gasteiger partial charge in [-0.15, -0.1) is 0 Å².